The fraction of sp³-hybridized carbons (Fsp3) is 0.462. The average Bonchev–Trinajstić information content (AvgIpc) is 2.28. The summed E-state index contributed by atoms with van der Waals surface area (Å²) < 4.78 is 23.7. The Morgan fingerprint density at radius 1 is 1.40 bits per heavy atom. The first-order chi connectivity index (χ1) is 9.12. The van der Waals surface area contributed by atoms with Crippen LogP contribution >= 0.6 is 15.9 Å². The molecule has 0 atom stereocenters. The number of sulfonamides is 1. The second-order valence-corrected chi connectivity index (χ2v) is 7.88. The van der Waals surface area contributed by atoms with Crippen LogP contribution in [0.1, 0.15) is 42.1 Å². The lowest BCUT2D eigenvalue weighted by Crippen LogP contribution is -2.50. The predicted octanol–water partition coefficient (Wildman–Crippen LogP) is 2.08. The van der Waals surface area contributed by atoms with Crippen LogP contribution in [0, 0.1) is 6.92 Å². The predicted molar refractivity (Wildman–Crippen MR) is 80.0 cm³/mol. The number of carbonyl (C=O) groups excluding carboxylic acids is 1. The van der Waals surface area contributed by atoms with Crippen LogP contribution in [0.5, 0.6) is 0 Å². The molecule has 1 aromatic carbocycles. The van der Waals surface area contributed by atoms with Gasteiger partial charge in [-0.1, -0.05) is 15.9 Å². The van der Waals surface area contributed by atoms with Crippen molar-refractivity contribution >= 4 is 31.9 Å². The largest absolute Gasteiger partial charge is 0.347 e. The third-order valence-electron chi connectivity index (χ3n) is 3.74. The smallest absolute Gasteiger partial charge is 0.251 e. The Morgan fingerprint density at radius 2 is 2.00 bits per heavy atom. The number of hydrogen-bond acceptors (Lipinski definition) is 3. The van der Waals surface area contributed by atoms with Crippen molar-refractivity contribution in [1.29, 1.82) is 0 Å². The maximum atomic E-state index is 12.2. The lowest BCUT2D eigenvalue weighted by Gasteiger charge is -2.39. The SMILES string of the molecule is Cc1c(Br)cc(C(=O)NC2(C)CCC2)cc1S(N)(=O)=O. The molecular weight excluding hydrogens is 344 g/mol. The van der Waals surface area contributed by atoms with Crippen LogP contribution in [0.25, 0.3) is 0 Å². The van der Waals surface area contributed by atoms with E-state index in [2.05, 4.69) is 21.2 Å². The number of nitrogens with two attached hydrogens (primary N) is 1. The minimum Gasteiger partial charge on any atom is -0.347 e. The van der Waals surface area contributed by atoms with Gasteiger partial charge in [0.15, 0.2) is 0 Å². The van der Waals surface area contributed by atoms with Crippen LogP contribution in [0.15, 0.2) is 21.5 Å². The van der Waals surface area contributed by atoms with Crippen LogP contribution in [0.3, 0.4) is 0 Å². The summed E-state index contributed by atoms with van der Waals surface area (Å²) in [5.74, 6) is -0.280. The zero-order valence-electron chi connectivity index (χ0n) is 11.4. The standard InChI is InChI=1S/C13H17BrN2O3S/c1-8-10(14)6-9(7-11(8)20(15,18)19)12(17)16-13(2)4-3-5-13/h6-7H,3-5H2,1-2H3,(H,16,17)(H2,15,18,19). The molecule has 0 aromatic heterocycles. The van der Waals surface area contributed by atoms with Gasteiger partial charge in [0.2, 0.25) is 10.0 Å². The van der Waals surface area contributed by atoms with E-state index < -0.39 is 10.0 Å². The Labute approximate surface area is 127 Å². The fourth-order valence-electron chi connectivity index (χ4n) is 2.26. The number of rotatable bonds is 3. The zero-order valence-corrected chi connectivity index (χ0v) is 13.8. The number of halogens is 1. The van der Waals surface area contributed by atoms with E-state index in [4.69, 9.17) is 5.14 Å². The van der Waals surface area contributed by atoms with Gasteiger partial charge < -0.3 is 5.32 Å². The van der Waals surface area contributed by atoms with Crippen molar-refractivity contribution in [3.05, 3.63) is 27.7 Å². The molecule has 1 aliphatic rings. The average molecular weight is 361 g/mol. The van der Waals surface area contributed by atoms with E-state index in [1.165, 1.54) is 6.07 Å². The number of amides is 1. The van der Waals surface area contributed by atoms with Crippen molar-refractivity contribution in [2.24, 2.45) is 5.14 Å². The first-order valence-electron chi connectivity index (χ1n) is 6.28. The van der Waals surface area contributed by atoms with E-state index in [9.17, 15) is 13.2 Å². The number of primary sulfonamides is 1. The molecule has 110 valence electrons. The second-order valence-electron chi connectivity index (χ2n) is 5.49. The van der Waals surface area contributed by atoms with Crippen molar-refractivity contribution in [3.63, 3.8) is 0 Å². The number of nitrogens with one attached hydrogen (secondary N) is 1. The monoisotopic (exact) mass is 360 g/mol. The topological polar surface area (TPSA) is 89.3 Å². The summed E-state index contributed by atoms with van der Waals surface area (Å²) in [5, 5.41) is 8.12. The van der Waals surface area contributed by atoms with E-state index >= 15 is 0 Å². The van der Waals surface area contributed by atoms with Crippen molar-refractivity contribution in [2.75, 3.05) is 0 Å². The van der Waals surface area contributed by atoms with Gasteiger partial charge in [0, 0.05) is 15.6 Å². The lowest BCUT2D eigenvalue weighted by molar-refractivity contribution is 0.0850. The Hall–Kier alpha value is -0.920. The Bertz CT molecular complexity index is 666. The Morgan fingerprint density at radius 3 is 2.45 bits per heavy atom. The molecule has 3 N–H and O–H groups in total. The van der Waals surface area contributed by atoms with Gasteiger partial charge in [0.1, 0.15) is 0 Å². The van der Waals surface area contributed by atoms with Crippen LogP contribution in [0.2, 0.25) is 0 Å². The zero-order chi connectivity index (χ0) is 15.1. The highest BCUT2D eigenvalue weighted by molar-refractivity contribution is 9.10. The second kappa shape index (κ2) is 5.13. The fourth-order valence-corrected chi connectivity index (χ4v) is 3.68. The molecule has 1 aliphatic carbocycles. The third-order valence-corrected chi connectivity index (χ3v) is 5.60. The molecule has 0 spiro atoms. The maximum absolute atomic E-state index is 12.2. The maximum Gasteiger partial charge on any atom is 0.251 e. The first kappa shape index (κ1) is 15.5. The van der Waals surface area contributed by atoms with Crippen LogP contribution < -0.4 is 10.5 Å². The quantitative estimate of drug-likeness (QED) is 0.864. The summed E-state index contributed by atoms with van der Waals surface area (Å²) in [6, 6.07) is 2.94. The molecular formula is C13H17BrN2O3S. The van der Waals surface area contributed by atoms with Gasteiger partial charge in [0.25, 0.3) is 5.91 Å². The third kappa shape index (κ3) is 3.05. The molecule has 2 rings (SSSR count). The summed E-state index contributed by atoms with van der Waals surface area (Å²) in [6.45, 7) is 3.62. The van der Waals surface area contributed by atoms with Gasteiger partial charge in [-0.2, -0.15) is 0 Å². The van der Waals surface area contributed by atoms with Gasteiger partial charge >= 0.3 is 0 Å². The number of hydrogen-bond donors (Lipinski definition) is 2. The lowest BCUT2D eigenvalue weighted by atomic mass is 9.78. The summed E-state index contributed by atoms with van der Waals surface area (Å²) in [5.41, 5.74) is 0.606. The normalized spacial score (nSPS) is 17.4. The molecule has 7 heteroatoms. The van der Waals surface area contributed by atoms with E-state index in [1.807, 2.05) is 6.92 Å². The van der Waals surface area contributed by atoms with E-state index in [-0.39, 0.29) is 16.3 Å². The van der Waals surface area contributed by atoms with E-state index in [0.29, 0.717) is 15.6 Å². The van der Waals surface area contributed by atoms with Crippen LogP contribution in [-0.2, 0) is 10.0 Å². The summed E-state index contributed by atoms with van der Waals surface area (Å²) in [4.78, 5) is 12.2. The first-order valence-corrected chi connectivity index (χ1v) is 8.62. The minimum atomic E-state index is -3.86. The molecule has 1 saturated carbocycles. The van der Waals surface area contributed by atoms with Crippen molar-refractivity contribution in [1.82, 2.24) is 5.32 Å². The van der Waals surface area contributed by atoms with Gasteiger partial charge in [-0.15, -0.1) is 0 Å². The number of benzene rings is 1. The highest BCUT2D eigenvalue weighted by Gasteiger charge is 2.33. The van der Waals surface area contributed by atoms with Gasteiger partial charge in [-0.25, -0.2) is 13.6 Å². The molecule has 0 bridgehead atoms. The molecule has 1 amide bonds. The van der Waals surface area contributed by atoms with Crippen LogP contribution in [0.4, 0.5) is 0 Å². The molecule has 5 nitrogen and oxygen atoms in total. The highest BCUT2D eigenvalue weighted by atomic mass is 79.9. The molecule has 0 saturated heterocycles. The van der Waals surface area contributed by atoms with Crippen molar-refractivity contribution < 1.29 is 13.2 Å². The molecule has 0 unspecified atom stereocenters. The summed E-state index contributed by atoms with van der Waals surface area (Å²) in [7, 11) is -3.86. The molecule has 0 heterocycles. The Balaban J connectivity index is 2.38. The van der Waals surface area contributed by atoms with Crippen LogP contribution in [-0.4, -0.2) is 19.9 Å². The molecule has 1 aromatic rings. The molecule has 1 fully saturated rings. The van der Waals surface area contributed by atoms with Gasteiger partial charge in [-0.05, 0) is 50.8 Å². The van der Waals surface area contributed by atoms with E-state index in [0.717, 1.165) is 19.3 Å². The number of carbonyl (C=O) groups is 1. The summed E-state index contributed by atoms with van der Waals surface area (Å²) in [6.07, 6.45) is 2.97. The van der Waals surface area contributed by atoms with Gasteiger partial charge in [0.05, 0.1) is 4.90 Å². The summed E-state index contributed by atoms with van der Waals surface area (Å²) >= 11 is 3.27. The minimum absolute atomic E-state index is 0.0317. The molecule has 0 aliphatic heterocycles. The van der Waals surface area contributed by atoms with Crippen molar-refractivity contribution in [3.8, 4) is 0 Å². The molecule has 20 heavy (non-hydrogen) atoms. The Kier molecular flexibility index (Phi) is 3.96. The van der Waals surface area contributed by atoms with Gasteiger partial charge in [-0.3, -0.25) is 4.79 Å². The highest BCUT2D eigenvalue weighted by Crippen LogP contribution is 2.32. The van der Waals surface area contributed by atoms with Crippen molar-refractivity contribution in [2.45, 2.75) is 43.5 Å². The van der Waals surface area contributed by atoms with E-state index in [1.54, 1.807) is 13.0 Å². The molecule has 0 radical (unpaired) electrons.